The van der Waals surface area contributed by atoms with Crippen molar-refractivity contribution in [2.75, 3.05) is 0 Å². The number of hydrogen-bond acceptors (Lipinski definition) is 4. The van der Waals surface area contributed by atoms with Crippen LogP contribution in [0.2, 0.25) is 0 Å². The third-order valence-electron chi connectivity index (χ3n) is 3.36. The van der Waals surface area contributed by atoms with E-state index >= 15 is 0 Å². The van der Waals surface area contributed by atoms with Crippen LogP contribution in [0.4, 0.5) is 17.6 Å². The van der Waals surface area contributed by atoms with Crippen molar-refractivity contribution in [3.05, 3.63) is 65.7 Å². The molecule has 2 rings (SSSR count). The average Bonchev–Trinajstić information content (AvgIpc) is 2.60. The van der Waals surface area contributed by atoms with Gasteiger partial charge in [-0.1, -0.05) is 12.1 Å². The predicted octanol–water partition coefficient (Wildman–Crippen LogP) is 4.63. The van der Waals surface area contributed by atoms with Crippen molar-refractivity contribution in [1.29, 1.82) is 0 Å². The second kappa shape index (κ2) is 8.12. The molecule has 2 aromatic carbocycles. The first-order valence-electron chi connectivity index (χ1n) is 7.76. The van der Waals surface area contributed by atoms with Crippen LogP contribution in [0.15, 0.2) is 54.6 Å². The zero-order valence-electron chi connectivity index (χ0n) is 14.4. The monoisotopic (exact) mass is 398 g/mol. The molecule has 0 spiro atoms. The molecule has 9 heteroatoms. The highest BCUT2D eigenvalue weighted by atomic mass is 19.3. The summed E-state index contributed by atoms with van der Waals surface area (Å²) in [6, 6.07) is 9.96. The topological polar surface area (TPSA) is 72.8 Å². The van der Waals surface area contributed by atoms with E-state index in [-0.39, 0.29) is 18.2 Å². The van der Waals surface area contributed by atoms with E-state index in [9.17, 15) is 27.2 Å². The zero-order chi connectivity index (χ0) is 20.9. The molecule has 1 N–H and O–H groups in total. The Labute approximate surface area is 156 Å². The highest BCUT2D eigenvalue weighted by molar-refractivity contribution is 5.91. The SMILES string of the molecule is CC(F)(F)C(F)(F)Oc1ccc(C(=O)Oc2ccc(C=CC(=O)O)cc2)cc1. The molecule has 0 heterocycles. The number of ether oxygens (including phenoxy) is 2. The van der Waals surface area contributed by atoms with Gasteiger partial charge in [-0.15, -0.1) is 0 Å². The first-order valence-corrected chi connectivity index (χ1v) is 7.76. The molecular formula is C19H14F4O5. The number of carboxylic acid groups (broad SMARTS) is 1. The average molecular weight is 398 g/mol. The number of carboxylic acids is 1. The molecule has 5 nitrogen and oxygen atoms in total. The molecule has 148 valence electrons. The van der Waals surface area contributed by atoms with Gasteiger partial charge in [0.25, 0.3) is 0 Å². The lowest BCUT2D eigenvalue weighted by atomic mass is 10.2. The molecular weight excluding hydrogens is 384 g/mol. The normalized spacial score (nSPS) is 12.0. The van der Waals surface area contributed by atoms with Gasteiger partial charge in [-0.3, -0.25) is 0 Å². The fourth-order valence-electron chi connectivity index (χ4n) is 1.88. The van der Waals surface area contributed by atoms with Crippen molar-refractivity contribution in [3.8, 4) is 11.5 Å². The quantitative estimate of drug-likeness (QED) is 0.319. The molecule has 2 aromatic rings. The molecule has 28 heavy (non-hydrogen) atoms. The van der Waals surface area contributed by atoms with E-state index in [4.69, 9.17) is 9.84 Å². The van der Waals surface area contributed by atoms with Crippen LogP contribution < -0.4 is 9.47 Å². The van der Waals surface area contributed by atoms with Crippen LogP contribution in [-0.4, -0.2) is 29.1 Å². The summed E-state index contributed by atoms with van der Waals surface area (Å²) < 4.78 is 61.0. The van der Waals surface area contributed by atoms with E-state index in [1.807, 2.05) is 0 Å². The number of halogens is 4. The van der Waals surface area contributed by atoms with Gasteiger partial charge in [0.05, 0.1) is 5.56 Å². The minimum absolute atomic E-state index is 0.0197. The summed E-state index contributed by atoms with van der Waals surface area (Å²) in [7, 11) is 0. The van der Waals surface area contributed by atoms with Crippen molar-refractivity contribution in [1.82, 2.24) is 0 Å². The van der Waals surface area contributed by atoms with E-state index in [0.29, 0.717) is 5.56 Å². The predicted molar refractivity (Wildman–Crippen MR) is 90.7 cm³/mol. The number of alkyl halides is 4. The van der Waals surface area contributed by atoms with Crippen molar-refractivity contribution in [3.63, 3.8) is 0 Å². The summed E-state index contributed by atoms with van der Waals surface area (Å²) in [4.78, 5) is 22.5. The maximum Gasteiger partial charge on any atom is 0.463 e. The first kappa shape index (κ1) is 20.9. The molecule has 0 amide bonds. The molecule has 0 aliphatic carbocycles. The van der Waals surface area contributed by atoms with Crippen LogP contribution in [-0.2, 0) is 4.79 Å². The van der Waals surface area contributed by atoms with Gasteiger partial charge in [0, 0.05) is 13.0 Å². The molecule has 0 radical (unpaired) electrons. The van der Waals surface area contributed by atoms with Gasteiger partial charge in [-0.2, -0.15) is 17.6 Å². The van der Waals surface area contributed by atoms with Crippen molar-refractivity contribution in [2.24, 2.45) is 0 Å². The number of benzene rings is 2. The minimum atomic E-state index is -4.70. The van der Waals surface area contributed by atoms with Crippen LogP contribution in [0.25, 0.3) is 6.08 Å². The Morgan fingerprint density at radius 1 is 0.929 bits per heavy atom. The molecule has 0 atom stereocenters. The van der Waals surface area contributed by atoms with Gasteiger partial charge >= 0.3 is 24.0 Å². The van der Waals surface area contributed by atoms with Crippen molar-refractivity contribution < 1.29 is 41.7 Å². The Morgan fingerprint density at radius 2 is 1.46 bits per heavy atom. The summed E-state index contributed by atoms with van der Waals surface area (Å²) in [5.74, 6) is -6.68. The van der Waals surface area contributed by atoms with Crippen molar-refractivity contribution in [2.45, 2.75) is 19.0 Å². The van der Waals surface area contributed by atoms with Crippen LogP contribution in [0.3, 0.4) is 0 Å². The van der Waals surface area contributed by atoms with E-state index in [2.05, 4.69) is 4.74 Å². The summed E-state index contributed by atoms with van der Waals surface area (Å²) in [5.41, 5.74) is 0.547. The fourth-order valence-corrected chi connectivity index (χ4v) is 1.88. The van der Waals surface area contributed by atoms with Crippen LogP contribution in [0, 0.1) is 0 Å². The highest BCUT2D eigenvalue weighted by Gasteiger charge is 2.55. The molecule has 0 saturated carbocycles. The summed E-state index contributed by atoms with van der Waals surface area (Å²) in [6.07, 6.45) is -2.41. The molecule has 0 aromatic heterocycles. The highest BCUT2D eigenvalue weighted by Crippen LogP contribution is 2.35. The molecule has 0 fully saturated rings. The summed E-state index contributed by atoms with van der Waals surface area (Å²) in [6.45, 7) is 0.0292. The van der Waals surface area contributed by atoms with Crippen LogP contribution in [0.1, 0.15) is 22.8 Å². The standard InChI is InChI=1S/C19H14F4O5/c1-18(20,21)19(22,23)28-15-9-5-13(6-10-15)17(26)27-14-7-2-12(3-8-14)4-11-16(24)25/h2-11H,1H3,(H,24,25). The van der Waals surface area contributed by atoms with Gasteiger partial charge < -0.3 is 14.6 Å². The number of carbonyl (C=O) groups is 2. The number of rotatable bonds is 7. The zero-order valence-corrected chi connectivity index (χ0v) is 14.4. The minimum Gasteiger partial charge on any atom is -0.478 e. The molecule has 0 aliphatic heterocycles. The second-order valence-corrected chi connectivity index (χ2v) is 5.66. The Balaban J connectivity index is 2.02. The van der Waals surface area contributed by atoms with Gasteiger partial charge in [-0.25, -0.2) is 9.59 Å². The van der Waals surface area contributed by atoms with Crippen molar-refractivity contribution >= 4 is 18.0 Å². The lowest BCUT2D eigenvalue weighted by molar-refractivity contribution is -0.301. The molecule has 0 unspecified atom stereocenters. The Morgan fingerprint density at radius 3 is 1.96 bits per heavy atom. The number of esters is 1. The first-order chi connectivity index (χ1) is 13.0. The van der Waals surface area contributed by atoms with Gasteiger partial charge in [0.1, 0.15) is 11.5 Å². The summed E-state index contributed by atoms with van der Waals surface area (Å²) >= 11 is 0. The number of carbonyl (C=O) groups excluding carboxylic acids is 1. The third-order valence-corrected chi connectivity index (χ3v) is 3.36. The Bertz CT molecular complexity index is 869. The third kappa shape index (κ3) is 5.57. The van der Waals surface area contributed by atoms with E-state index < -0.39 is 29.7 Å². The molecule has 0 aliphatic rings. The van der Waals surface area contributed by atoms with E-state index in [0.717, 1.165) is 30.3 Å². The molecule has 0 bridgehead atoms. The van der Waals surface area contributed by atoms with Crippen LogP contribution >= 0.6 is 0 Å². The lowest BCUT2D eigenvalue weighted by Crippen LogP contribution is -2.42. The Kier molecular flexibility index (Phi) is 6.07. The Hall–Kier alpha value is -3.36. The fraction of sp³-hybridized carbons (Fsp3) is 0.158. The summed E-state index contributed by atoms with van der Waals surface area (Å²) in [5, 5.41) is 8.55. The van der Waals surface area contributed by atoms with Gasteiger partial charge in [0.15, 0.2) is 0 Å². The maximum absolute atomic E-state index is 13.2. The number of hydrogen-bond donors (Lipinski definition) is 1. The lowest BCUT2D eigenvalue weighted by Gasteiger charge is -2.23. The number of aliphatic carboxylic acids is 1. The molecule has 0 saturated heterocycles. The largest absolute Gasteiger partial charge is 0.478 e. The van der Waals surface area contributed by atoms with Gasteiger partial charge in [0.2, 0.25) is 0 Å². The van der Waals surface area contributed by atoms with Gasteiger partial charge in [-0.05, 0) is 48.0 Å². The van der Waals surface area contributed by atoms with E-state index in [1.165, 1.54) is 30.3 Å². The maximum atomic E-state index is 13.2. The van der Waals surface area contributed by atoms with E-state index in [1.54, 1.807) is 0 Å². The van der Waals surface area contributed by atoms with Crippen LogP contribution in [0.5, 0.6) is 11.5 Å². The smallest absolute Gasteiger partial charge is 0.463 e. The second-order valence-electron chi connectivity index (χ2n) is 5.66.